The topological polar surface area (TPSA) is 70.2 Å². The van der Waals surface area contributed by atoms with Crippen LogP contribution < -0.4 is 4.74 Å². The molecule has 0 atom stereocenters. The monoisotopic (exact) mass is 421 g/mol. The number of fused-ring (bicyclic) bond motifs is 1. The quantitative estimate of drug-likeness (QED) is 0.742. The van der Waals surface area contributed by atoms with Crippen LogP contribution in [0.1, 0.15) is 36.8 Å². The van der Waals surface area contributed by atoms with Gasteiger partial charge >= 0.3 is 0 Å². The molecule has 1 aromatic carbocycles. The molecule has 7 nitrogen and oxygen atoms in total. The van der Waals surface area contributed by atoms with Gasteiger partial charge in [0, 0.05) is 51.1 Å². The van der Waals surface area contributed by atoms with Gasteiger partial charge in [-0.3, -0.25) is 9.69 Å². The largest absolute Gasteiger partial charge is 0.485 e. The zero-order chi connectivity index (χ0) is 20.6. The Labute approximate surface area is 173 Å². The summed E-state index contributed by atoms with van der Waals surface area (Å²) in [5.41, 5.74) is 1.46. The number of nitrogens with zero attached hydrogens (tertiary/aromatic N) is 3. The van der Waals surface area contributed by atoms with Crippen molar-refractivity contribution in [1.29, 1.82) is 0 Å². The van der Waals surface area contributed by atoms with Crippen LogP contribution in [0.4, 0.5) is 0 Å². The Morgan fingerprint density at radius 1 is 1.14 bits per heavy atom. The third-order valence-electron chi connectivity index (χ3n) is 6.41. The molecule has 0 N–H and O–H groups in total. The van der Waals surface area contributed by atoms with Crippen LogP contribution in [0.25, 0.3) is 0 Å². The zero-order valence-electron chi connectivity index (χ0n) is 17.4. The summed E-state index contributed by atoms with van der Waals surface area (Å²) in [4.78, 5) is 16.6. The molecule has 0 aromatic heterocycles. The predicted octanol–water partition coefficient (Wildman–Crippen LogP) is 1.61. The van der Waals surface area contributed by atoms with Crippen LogP contribution in [-0.4, -0.2) is 79.6 Å². The van der Waals surface area contributed by atoms with Gasteiger partial charge in [-0.05, 0) is 25.8 Å². The second-order valence-electron chi connectivity index (χ2n) is 8.79. The minimum atomic E-state index is -3.34. The molecule has 1 amide bonds. The minimum Gasteiger partial charge on any atom is -0.485 e. The fraction of sp³-hybridized carbons (Fsp3) is 0.667. The standard InChI is InChI=1S/C21H31N3O4S/c1-17-5-6-19-18(13-17)14-24(29(2,26)27)16-21(28-19)7-11-22(12-8-21)15-20(25)23-9-3-4-10-23/h5-6,13H,3-4,7-12,14-16H2,1-2H3. The number of piperidine rings is 1. The van der Waals surface area contributed by atoms with E-state index in [1.807, 2.05) is 30.0 Å². The highest BCUT2D eigenvalue weighted by Gasteiger charge is 2.43. The Kier molecular flexibility index (Phi) is 5.61. The maximum absolute atomic E-state index is 12.5. The summed E-state index contributed by atoms with van der Waals surface area (Å²) in [6.07, 6.45) is 4.89. The van der Waals surface area contributed by atoms with Crippen LogP contribution in [0, 0.1) is 6.92 Å². The molecule has 1 aromatic rings. The molecule has 0 aliphatic carbocycles. The van der Waals surface area contributed by atoms with Crippen molar-refractivity contribution in [3.8, 4) is 5.75 Å². The van der Waals surface area contributed by atoms with Gasteiger partial charge in [0.25, 0.3) is 0 Å². The summed E-state index contributed by atoms with van der Waals surface area (Å²) in [5, 5.41) is 0. The molecule has 29 heavy (non-hydrogen) atoms. The molecular formula is C21H31N3O4S. The minimum absolute atomic E-state index is 0.207. The number of ether oxygens (including phenoxy) is 1. The summed E-state index contributed by atoms with van der Waals surface area (Å²) in [6, 6.07) is 5.98. The number of benzene rings is 1. The van der Waals surface area contributed by atoms with Crippen molar-refractivity contribution in [2.24, 2.45) is 0 Å². The van der Waals surface area contributed by atoms with E-state index in [1.165, 1.54) is 6.26 Å². The molecule has 8 heteroatoms. The maximum atomic E-state index is 12.5. The molecule has 0 bridgehead atoms. The van der Waals surface area contributed by atoms with Gasteiger partial charge in [-0.15, -0.1) is 0 Å². The van der Waals surface area contributed by atoms with Crippen molar-refractivity contribution in [3.63, 3.8) is 0 Å². The molecule has 1 spiro atoms. The fourth-order valence-electron chi connectivity index (χ4n) is 4.64. The number of aryl methyl sites for hydroxylation is 1. The summed E-state index contributed by atoms with van der Waals surface area (Å²) in [7, 11) is -3.34. The van der Waals surface area contributed by atoms with Gasteiger partial charge in [-0.2, -0.15) is 4.31 Å². The molecule has 3 aliphatic rings. The lowest BCUT2D eigenvalue weighted by Gasteiger charge is -2.42. The van der Waals surface area contributed by atoms with Crippen LogP contribution in [0.2, 0.25) is 0 Å². The number of rotatable bonds is 3. The first-order valence-corrected chi connectivity index (χ1v) is 12.3. The number of carbonyl (C=O) groups is 1. The number of hydrogen-bond donors (Lipinski definition) is 0. The normalized spacial score (nSPS) is 22.9. The first-order valence-electron chi connectivity index (χ1n) is 10.5. The summed E-state index contributed by atoms with van der Waals surface area (Å²) in [6.45, 7) is 6.36. The van der Waals surface area contributed by atoms with Crippen molar-refractivity contribution in [2.75, 3.05) is 45.5 Å². The van der Waals surface area contributed by atoms with Crippen molar-refractivity contribution in [3.05, 3.63) is 29.3 Å². The van der Waals surface area contributed by atoms with E-state index in [2.05, 4.69) is 4.90 Å². The third-order valence-corrected chi connectivity index (χ3v) is 7.60. The van der Waals surface area contributed by atoms with Gasteiger partial charge < -0.3 is 9.64 Å². The number of hydrogen-bond acceptors (Lipinski definition) is 5. The lowest BCUT2D eigenvalue weighted by molar-refractivity contribution is -0.132. The Bertz CT molecular complexity index is 872. The Morgan fingerprint density at radius 3 is 2.48 bits per heavy atom. The smallest absolute Gasteiger partial charge is 0.236 e. The molecule has 2 saturated heterocycles. The number of amides is 1. The van der Waals surface area contributed by atoms with E-state index in [9.17, 15) is 13.2 Å². The van der Waals surface area contributed by atoms with Crippen molar-refractivity contribution < 1.29 is 17.9 Å². The van der Waals surface area contributed by atoms with Crippen molar-refractivity contribution >= 4 is 15.9 Å². The summed E-state index contributed by atoms with van der Waals surface area (Å²) < 4.78 is 32.9. The summed E-state index contributed by atoms with van der Waals surface area (Å²) >= 11 is 0. The van der Waals surface area contributed by atoms with E-state index < -0.39 is 15.6 Å². The van der Waals surface area contributed by atoms with Gasteiger partial charge in [-0.25, -0.2) is 8.42 Å². The highest BCUT2D eigenvalue weighted by atomic mass is 32.2. The highest BCUT2D eigenvalue weighted by Crippen LogP contribution is 2.36. The van der Waals surface area contributed by atoms with E-state index in [0.717, 1.165) is 55.9 Å². The van der Waals surface area contributed by atoms with Crippen LogP contribution in [-0.2, 0) is 21.4 Å². The number of sulfonamides is 1. The molecule has 0 radical (unpaired) electrons. The fourth-order valence-corrected chi connectivity index (χ4v) is 5.48. The lowest BCUT2D eigenvalue weighted by atomic mass is 9.91. The van der Waals surface area contributed by atoms with Crippen LogP contribution in [0.3, 0.4) is 0 Å². The van der Waals surface area contributed by atoms with Gasteiger partial charge in [0.05, 0.1) is 19.3 Å². The maximum Gasteiger partial charge on any atom is 0.236 e. The first kappa shape index (κ1) is 20.6. The molecular weight excluding hydrogens is 390 g/mol. The molecule has 4 rings (SSSR count). The van der Waals surface area contributed by atoms with E-state index >= 15 is 0 Å². The third kappa shape index (κ3) is 4.59. The van der Waals surface area contributed by atoms with E-state index in [-0.39, 0.29) is 5.91 Å². The molecule has 160 valence electrons. The SMILES string of the molecule is Cc1ccc2c(c1)CN(S(C)(=O)=O)CC1(CCN(CC(=O)N3CCCC3)CC1)O2. The highest BCUT2D eigenvalue weighted by molar-refractivity contribution is 7.88. The van der Waals surface area contributed by atoms with Crippen LogP contribution in [0.5, 0.6) is 5.75 Å². The van der Waals surface area contributed by atoms with Gasteiger partial charge in [0.15, 0.2) is 0 Å². The molecule has 3 aliphatic heterocycles. The van der Waals surface area contributed by atoms with E-state index in [0.29, 0.717) is 32.5 Å². The molecule has 0 unspecified atom stereocenters. The van der Waals surface area contributed by atoms with Crippen molar-refractivity contribution in [1.82, 2.24) is 14.1 Å². The zero-order valence-corrected chi connectivity index (χ0v) is 18.2. The second-order valence-corrected chi connectivity index (χ2v) is 10.8. The average Bonchev–Trinajstić information content (AvgIpc) is 3.14. The van der Waals surface area contributed by atoms with E-state index in [1.54, 1.807) is 4.31 Å². The van der Waals surface area contributed by atoms with Gasteiger partial charge in [-0.1, -0.05) is 17.7 Å². The Balaban J connectivity index is 1.49. The van der Waals surface area contributed by atoms with Crippen LogP contribution >= 0.6 is 0 Å². The molecule has 2 fully saturated rings. The van der Waals surface area contributed by atoms with Crippen molar-refractivity contribution in [2.45, 2.75) is 44.8 Å². The number of carbonyl (C=O) groups excluding carboxylic acids is 1. The van der Waals surface area contributed by atoms with Crippen LogP contribution in [0.15, 0.2) is 18.2 Å². The average molecular weight is 422 g/mol. The predicted molar refractivity (Wildman–Crippen MR) is 111 cm³/mol. The lowest BCUT2D eigenvalue weighted by Crippen LogP contribution is -2.55. The summed E-state index contributed by atoms with van der Waals surface area (Å²) in [5.74, 6) is 0.988. The van der Waals surface area contributed by atoms with Gasteiger partial charge in [0.1, 0.15) is 11.4 Å². The second kappa shape index (κ2) is 7.89. The van der Waals surface area contributed by atoms with E-state index in [4.69, 9.17) is 4.74 Å². The first-order chi connectivity index (χ1) is 13.7. The Hall–Kier alpha value is -1.64. The van der Waals surface area contributed by atoms with Gasteiger partial charge in [0.2, 0.25) is 15.9 Å². The molecule has 3 heterocycles. The molecule has 0 saturated carbocycles. The number of likely N-dealkylation sites (tertiary alicyclic amines) is 2. The Morgan fingerprint density at radius 2 is 1.83 bits per heavy atom.